The fraction of sp³-hybridized carbons (Fsp3) is 0.188. The Kier molecular flexibility index (Phi) is 4.79. The molecule has 2 N–H and O–H groups in total. The maximum absolute atomic E-state index is 11.8. The third-order valence-corrected chi connectivity index (χ3v) is 2.88. The van der Waals surface area contributed by atoms with E-state index in [9.17, 15) is 4.79 Å². The van der Waals surface area contributed by atoms with Crippen LogP contribution in [0.2, 0.25) is 0 Å². The summed E-state index contributed by atoms with van der Waals surface area (Å²) in [5.74, 6) is 0.372. The molecular formula is C16H17NO4. The van der Waals surface area contributed by atoms with Gasteiger partial charge in [-0.1, -0.05) is 18.2 Å². The van der Waals surface area contributed by atoms with Crippen molar-refractivity contribution in [1.29, 1.82) is 0 Å². The first-order chi connectivity index (χ1) is 10.2. The molecule has 0 atom stereocenters. The average molecular weight is 287 g/mol. The van der Waals surface area contributed by atoms with Crippen molar-refractivity contribution in [2.45, 2.75) is 6.61 Å². The van der Waals surface area contributed by atoms with Gasteiger partial charge >= 0.3 is 5.97 Å². The molecule has 5 nitrogen and oxygen atoms in total. The largest absolute Gasteiger partial charge is 0.465 e. The summed E-state index contributed by atoms with van der Waals surface area (Å²) in [6, 6.07) is 12.3. The fourth-order valence-corrected chi connectivity index (χ4v) is 1.92. The molecular weight excluding hydrogens is 270 g/mol. The molecule has 21 heavy (non-hydrogen) atoms. The number of methoxy groups -OCH3 is 2. The Labute approximate surface area is 123 Å². The van der Waals surface area contributed by atoms with E-state index in [4.69, 9.17) is 19.9 Å². The van der Waals surface area contributed by atoms with Gasteiger partial charge in [-0.05, 0) is 29.8 Å². The molecule has 2 aromatic rings. The lowest BCUT2D eigenvalue weighted by Gasteiger charge is -2.13. The highest BCUT2D eigenvalue weighted by molar-refractivity contribution is 5.94. The van der Waals surface area contributed by atoms with Gasteiger partial charge in [0.05, 0.1) is 19.4 Å². The zero-order valence-electron chi connectivity index (χ0n) is 12.0. The maximum Gasteiger partial charge on any atom is 0.341 e. The molecule has 0 aliphatic heterocycles. The maximum atomic E-state index is 11.8. The molecule has 0 spiro atoms. The van der Waals surface area contributed by atoms with E-state index in [1.54, 1.807) is 31.4 Å². The number of nitrogen functional groups attached to an aromatic ring is 1. The van der Waals surface area contributed by atoms with Gasteiger partial charge in [-0.25, -0.2) is 4.79 Å². The lowest BCUT2D eigenvalue weighted by Crippen LogP contribution is -2.05. The minimum Gasteiger partial charge on any atom is -0.465 e. The summed E-state index contributed by atoms with van der Waals surface area (Å²) in [5, 5.41) is 0. The van der Waals surface area contributed by atoms with Crippen molar-refractivity contribution in [2.75, 3.05) is 20.0 Å². The van der Waals surface area contributed by atoms with Crippen LogP contribution in [-0.4, -0.2) is 20.2 Å². The van der Waals surface area contributed by atoms with E-state index in [2.05, 4.69) is 0 Å². The summed E-state index contributed by atoms with van der Waals surface area (Å²) in [6.45, 7) is 0.478. The number of hydrogen-bond acceptors (Lipinski definition) is 5. The van der Waals surface area contributed by atoms with Gasteiger partial charge in [-0.3, -0.25) is 0 Å². The van der Waals surface area contributed by atoms with E-state index in [0.717, 1.165) is 5.56 Å². The van der Waals surface area contributed by atoms with Crippen LogP contribution in [0.15, 0.2) is 42.5 Å². The summed E-state index contributed by atoms with van der Waals surface area (Å²) in [6.07, 6.45) is 0. The first-order valence-corrected chi connectivity index (χ1v) is 6.38. The predicted octanol–water partition coefficient (Wildman–Crippen LogP) is 2.99. The number of benzene rings is 2. The van der Waals surface area contributed by atoms with Gasteiger partial charge in [0.15, 0.2) is 5.75 Å². The quantitative estimate of drug-likeness (QED) is 0.676. The molecule has 0 heterocycles. The van der Waals surface area contributed by atoms with Gasteiger partial charge < -0.3 is 19.9 Å². The van der Waals surface area contributed by atoms with E-state index in [1.807, 2.05) is 18.2 Å². The standard InChI is InChI=1S/C16H17NO4/c1-19-10-11-5-3-6-12(9-11)21-15-13(16(18)20-2)7-4-8-14(15)17/h3-9H,10,17H2,1-2H3. The molecule has 0 unspecified atom stereocenters. The van der Waals surface area contributed by atoms with Gasteiger partial charge in [-0.15, -0.1) is 0 Å². The van der Waals surface area contributed by atoms with Crippen LogP contribution in [-0.2, 0) is 16.1 Å². The summed E-state index contributed by atoms with van der Waals surface area (Å²) in [5.41, 5.74) is 7.52. The summed E-state index contributed by atoms with van der Waals surface area (Å²) in [4.78, 5) is 11.8. The first kappa shape index (κ1) is 14.9. The highest BCUT2D eigenvalue weighted by atomic mass is 16.5. The molecule has 110 valence electrons. The highest BCUT2D eigenvalue weighted by Gasteiger charge is 2.16. The molecule has 0 amide bonds. The molecule has 2 aromatic carbocycles. The number of carbonyl (C=O) groups is 1. The Morgan fingerprint density at radius 3 is 2.62 bits per heavy atom. The number of nitrogens with two attached hydrogens (primary N) is 1. The third kappa shape index (κ3) is 3.52. The molecule has 5 heteroatoms. The molecule has 0 radical (unpaired) electrons. The number of hydrogen-bond donors (Lipinski definition) is 1. The lowest BCUT2D eigenvalue weighted by molar-refractivity contribution is 0.0598. The zero-order chi connectivity index (χ0) is 15.2. The average Bonchev–Trinajstić information content (AvgIpc) is 2.49. The minimum atomic E-state index is -0.495. The lowest BCUT2D eigenvalue weighted by atomic mass is 10.1. The van der Waals surface area contributed by atoms with Crippen LogP contribution in [0.5, 0.6) is 11.5 Å². The molecule has 0 fully saturated rings. The topological polar surface area (TPSA) is 70.8 Å². The van der Waals surface area contributed by atoms with Gasteiger partial charge in [0.25, 0.3) is 0 Å². The van der Waals surface area contributed by atoms with E-state index in [-0.39, 0.29) is 5.56 Å². The second-order valence-corrected chi connectivity index (χ2v) is 4.40. The molecule has 0 saturated heterocycles. The Hall–Kier alpha value is -2.53. The van der Waals surface area contributed by atoms with Gasteiger partial charge in [-0.2, -0.15) is 0 Å². The third-order valence-electron chi connectivity index (χ3n) is 2.88. The van der Waals surface area contributed by atoms with Gasteiger partial charge in [0, 0.05) is 7.11 Å². The second-order valence-electron chi connectivity index (χ2n) is 4.40. The number of para-hydroxylation sites is 1. The molecule has 0 aliphatic rings. The molecule has 0 bridgehead atoms. The van der Waals surface area contributed by atoms with Crippen LogP contribution < -0.4 is 10.5 Å². The molecule has 0 aromatic heterocycles. The summed E-state index contributed by atoms with van der Waals surface area (Å²) >= 11 is 0. The van der Waals surface area contributed by atoms with E-state index in [1.165, 1.54) is 7.11 Å². The van der Waals surface area contributed by atoms with E-state index in [0.29, 0.717) is 23.8 Å². The first-order valence-electron chi connectivity index (χ1n) is 6.38. The van der Waals surface area contributed by atoms with Crippen molar-refractivity contribution in [3.8, 4) is 11.5 Å². The van der Waals surface area contributed by atoms with Crippen molar-refractivity contribution in [2.24, 2.45) is 0 Å². The Morgan fingerprint density at radius 1 is 1.14 bits per heavy atom. The summed E-state index contributed by atoms with van der Waals surface area (Å²) < 4.78 is 15.6. The minimum absolute atomic E-state index is 0.287. The van der Waals surface area contributed by atoms with E-state index < -0.39 is 5.97 Å². The van der Waals surface area contributed by atoms with Crippen molar-refractivity contribution >= 4 is 11.7 Å². The Morgan fingerprint density at radius 2 is 1.90 bits per heavy atom. The van der Waals surface area contributed by atoms with Gasteiger partial charge in [0.1, 0.15) is 11.3 Å². The SMILES string of the molecule is COCc1cccc(Oc2c(N)cccc2C(=O)OC)c1. The number of carbonyl (C=O) groups excluding carboxylic acids is 1. The van der Waals surface area contributed by atoms with Crippen molar-refractivity contribution in [3.63, 3.8) is 0 Å². The van der Waals surface area contributed by atoms with Crippen LogP contribution in [0.25, 0.3) is 0 Å². The predicted molar refractivity (Wildman–Crippen MR) is 79.4 cm³/mol. The number of anilines is 1. The highest BCUT2D eigenvalue weighted by Crippen LogP contribution is 2.32. The molecule has 0 saturated carbocycles. The Bertz CT molecular complexity index is 640. The van der Waals surface area contributed by atoms with Crippen LogP contribution >= 0.6 is 0 Å². The Balaban J connectivity index is 2.35. The number of rotatable bonds is 5. The van der Waals surface area contributed by atoms with Crippen LogP contribution in [0.1, 0.15) is 15.9 Å². The number of ether oxygens (including phenoxy) is 3. The summed E-state index contributed by atoms with van der Waals surface area (Å²) in [7, 11) is 2.94. The van der Waals surface area contributed by atoms with Crippen molar-refractivity contribution in [3.05, 3.63) is 53.6 Å². The second kappa shape index (κ2) is 6.76. The zero-order valence-corrected chi connectivity index (χ0v) is 12.0. The normalized spacial score (nSPS) is 10.2. The van der Waals surface area contributed by atoms with Crippen molar-refractivity contribution in [1.82, 2.24) is 0 Å². The van der Waals surface area contributed by atoms with Crippen LogP contribution in [0, 0.1) is 0 Å². The number of esters is 1. The van der Waals surface area contributed by atoms with Gasteiger partial charge in [0.2, 0.25) is 0 Å². The van der Waals surface area contributed by atoms with Crippen molar-refractivity contribution < 1.29 is 19.0 Å². The fourth-order valence-electron chi connectivity index (χ4n) is 1.92. The van der Waals surface area contributed by atoms with Crippen LogP contribution in [0.3, 0.4) is 0 Å². The molecule has 0 aliphatic carbocycles. The van der Waals surface area contributed by atoms with E-state index >= 15 is 0 Å². The smallest absolute Gasteiger partial charge is 0.341 e. The van der Waals surface area contributed by atoms with Crippen LogP contribution in [0.4, 0.5) is 5.69 Å². The monoisotopic (exact) mass is 287 g/mol. The molecule has 2 rings (SSSR count).